The van der Waals surface area contributed by atoms with Crippen LogP contribution in [0.25, 0.3) is 16.7 Å². The second-order valence-electron chi connectivity index (χ2n) is 6.97. The summed E-state index contributed by atoms with van der Waals surface area (Å²) in [7, 11) is 0. The number of anilines is 3. The van der Waals surface area contributed by atoms with E-state index in [1.165, 1.54) is 17.1 Å². The molecule has 0 fully saturated rings. The van der Waals surface area contributed by atoms with Gasteiger partial charge in [-0.1, -0.05) is 31.0 Å². The van der Waals surface area contributed by atoms with Crippen LogP contribution in [-0.2, 0) is 0 Å². The van der Waals surface area contributed by atoms with Crippen molar-refractivity contribution >= 4 is 40.1 Å². The molecule has 0 aliphatic rings. The van der Waals surface area contributed by atoms with Gasteiger partial charge in [-0.25, -0.2) is 14.5 Å². The molecule has 12 heteroatoms. The average molecular weight is 451 g/mol. The maximum atomic E-state index is 13.5. The molecule has 162 valence electrons. The summed E-state index contributed by atoms with van der Waals surface area (Å²) in [6, 6.07) is 6.54. The van der Waals surface area contributed by atoms with Gasteiger partial charge < -0.3 is 21.8 Å². The first-order valence-electron chi connectivity index (χ1n) is 9.74. The topological polar surface area (TPSA) is 177 Å². The number of H-pyrrole nitrogens is 1. The summed E-state index contributed by atoms with van der Waals surface area (Å²) < 4.78 is 1.41. The molecular formula is C20H19ClN10O. The predicted molar refractivity (Wildman–Crippen MR) is 121 cm³/mol. The van der Waals surface area contributed by atoms with Crippen molar-refractivity contribution in [2.45, 2.75) is 25.8 Å². The lowest BCUT2D eigenvalue weighted by Crippen LogP contribution is -2.29. The summed E-state index contributed by atoms with van der Waals surface area (Å²) in [5, 5.41) is 13.3. The highest BCUT2D eigenvalue weighted by Crippen LogP contribution is 2.28. The van der Waals surface area contributed by atoms with E-state index in [9.17, 15) is 10.1 Å². The number of nitrogens with zero attached hydrogens (tertiary/aromatic N) is 6. The minimum absolute atomic E-state index is 0.0399. The van der Waals surface area contributed by atoms with Crippen molar-refractivity contribution in [1.29, 1.82) is 5.26 Å². The van der Waals surface area contributed by atoms with Crippen molar-refractivity contribution in [3.63, 3.8) is 0 Å². The van der Waals surface area contributed by atoms with Gasteiger partial charge in [0.25, 0.3) is 5.56 Å². The molecule has 11 nitrogen and oxygen atoms in total. The standard InChI is InChI=1S/C20H19ClN10O/c1-2-4-13(27-17-10(7-22)16(23)29-20(24)30-17)18-28-12-6-3-5-11(21)15(12)19(32)31(18)14-8-25-9-26-14/h3,5-6,8-9,13H,2,4H2,1H3,(H,25,26)(H5,23,24,27,29,30)/t13-/m0/s1. The quantitative estimate of drug-likeness (QED) is 0.343. The van der Waals surface area contributed by atoms with Crippen molar-refractivity contribution in [3.05, 3.63) is 57.5 Å². The van der Waals surface area contributed by atoms with Crippen molar-refractivity contribution in [2.75, 3.05) is 16.8 Å². The maximum Gasteiger partial charge on any atom is 0.268 e. The van der Waals surface area contributed by atoms with Gasteiger partial charge >= 0.3 is 0 Å². The van der Waals surface area contributed by atoms with Crippen LogP contribution in [-0.4, -0.2) is 29.5 Å². The monoisotopic (exact) mass is 450 g/mol. The first-order chi connectivity index (χ1) is 15.4. The minimum atomic E-state index is -0.528. The van der Waals surface area contributed by atoms with E-state index in [2.05, 4.69) is 25.3 Å². The molecule has 0 saturated carbocycles. The van der Waals surface area contributed by atoms with Gasteiger partial charge in [-0.05, 0) is 18.6 Å². The Kier molecular flexibility index (Phi) is 5.61. The number of rotatable bonds is 6. The number of nitriles is 1. The third-order valence-electron chi connectivity index (χ3n) is 4.86. The lowest BCUT2D eigenvalue weighted by atomic mass is 10.1. The first-order valence-corrected chi connectivity index (χ1v) is 10.1. The molecule has 1 aromatic carbocycles. The lowest BCUT2D eigenvalue weighted by Gasteiger charge is -2.23. The molecule has 0 aliphatic carbocycles. The lowest BCUT2D eigenvalue weighted by molar-refractivity contribution is 0.613. The SMILES string of the molecule is CCC[C@H](Nc1nc(N)nc(N)c1C#N)c1nc2cccc(Cl)c2c(=O)n1-c1cnc[nH]1. The Bertz CT molecular complexity index is 1390. The third kappa shape index (κ3) is 3.67. The van der Waals surface area contributed by atoms with Gasteiger partial charge in [0.15, 0.2) is 5.82 Å². The molecule has 6 N–H and O–H groups in total. The molecule has 0 amide bonds. The van der Waals surface area contributed by atoms with E-state index in [1.807, 2.05) is 13.0 Å². The number of imidazole rings is 1. The fourth-order valence-electron chi connectivity index (χ4n) is 3.47. The minimum Gasteiger partial charge on any atom is -0.382 e. The van der Waals surface area contributed by atoms with E-state index < -0.39 is 6.04 Å². The Morgan fingerprint density at radius 3 is 2.81 bits per heavy atom. The fourth-order valence-corrected chi connectivity index (χ4v) is 3.72. The van der Waals surface area contributed by atoms with Gasteiger partial charge in [0, 0.05) is 0 Å². The molecule has 3 aromatic heterocycles. The molecule has 1 atom stereocenters. The summed E-state index contributed by atoms with van der Waals surface area (Å²) in [4.78, 5) is 33.2. The van der Waals surface area contributed by atoms with Crippen LogP contribution in [0.5, 0.6) is 0 Å². The molecule has 4 rings (SSSR count). The van der Waals surface area contributed by atoms with E-state index in [4.69, 9.17) is 28.1 Å². The fraction of sp³-hybridized carbons (Fsp3) is 0.200. The van der Waals surface area contributed by atoms with Crippen LogP contribution in [0.4, 0.5) is 17.6 Å². The van der Waals surface area contributed by atoms with Crippen LogP contribution in [0.3, 0.4) is 0 Å². The number of nitrogen functional groups attached to an aromatic ring is 2. The zero-order chi connectivity index (χ0) is 22.8. The zero-order valence-corrected chi connectivity index (χ0v) is 17.8. The molecule has 3 heterocycles. The predicted octanol–water partition coefficient (Wildman–Crippen LogP) is 2.54. The number of halogens is 1. The zero-order valence-electron chi connectivity index (χ0n) is 17.0. The summed E-state index contributed by atoms with van der Waals surface area (Å²) >= 11 is 6.32. The van der Waals surface area contributed by atoms with Gasteiger partial charge in [0.05, 0.1) is 34.5 Å². The van der Waals surface area contributed by atoms with E-state index in [-0.39, 0.29) is 34.1 Å². The van der Waals surface area contributed by atoms with Crippen LogP contribution >= 0.6 is 11.6 Å². The highest BCUT2D eigenvalue weighted by molar-refractivity contribution is 6.35. The number of aromatic amines is 1. The Balaban J connectivity index is 1.97. The maximum absolute atomic E-state index is 13.5. The summed E-state index contributed by atoms with van der Waals surface area (Å²) in [5.41, 5.74) is 11.7. The van der Waals surface area contributed by atoms with E-state index >= 15 is 0 Å². The van der Waals surface area contributed by atoms with Gasteiger partial charge in [0.1, 0.15) is 29.1 Å². The molecule has 0 saturated heterocycles. The Morgan fingerprint density at radius 2 is 2.12 bits per heavy atom. The van der Waals surface area contributed by atoms with Crippen LogP contribution < -0.4 is 22.3 Å². The van der Waals surface area contributed by atoms with Crippen molar-refractivity contribution < 1.29 is 0 Å². The third-order valence-corrected chi connectivity index (χ3v) is 5.18. The Morgan fingerprint density at radius 1 is 1.31 bits per heavy atom. The van der Waals surface area contributed by atoms with Crippen molar-refractivity contribution in [1.82, 2.24) is 29.5 Å². The second-order valence-corrected chi connectivity index (χ2v) is 7.38. The first kappa shape index (κ1) is 21.1. The van der Waals surface area contributed by atoms with Gasteiger partial charge in [-0.15, -0.1) is 0 Å². The molecule has 0 unspecified atom stereocenters. The number of hydrogen-bond acceptors (Lipinski definition) is 9. The smallest absolute Gasteiger partial charge is 0.268 e. The Labute approximate surface area is 187 Å². The summed E-state index contributed by atoms with van der Waals surface area (Å²) in [6.45, 7) is 1.99. The van der Waals surface area contributed by atoms with Gasteiger partial charge in [-0.2, -0.15) is 15.2 Å². The average Bonchev–Trinajstić information content (AvgIpc) is 3.27. The van der Waals surface area contributed by atoms with E-state index in [0.29, 0.717) is 28.6 Å². The number of aromatic nitrogens is 6. The van der Waals surface area contributed by atoms with E-state index in [0.717, 1.165) is 6.42 Å². The molecule has 0 aliphatic heterocycles. The number of nitrogens with two attached hydrogens (primary N) is 2. The summed E-state index contributed by atoms with van der Waals surface area (Å²) in [5.74, 6) is 0.845. The van der Waals surface area contributed by atoms with Crippen LogP contribution in [0, 0.1) is 11.3 Å². The number of nitrogens with one attached hydrogen (secondary N) is 2. The van der Waals surface area contributed by atoms with Crippen molar-refractivity contribution in [2.24, 2.45) is 0 Å². The van der Waals surface area contributed by atoms with Gasteiger partial charge in [-0.3, -0.25) is 4.79 Å². The molecule has 32 heavy (non-hydrogen) atoms. The molecular weight excluding hydrogens is 432 g/mol. The summed E-state index contributed by atoms with van der Waals surface area (Å²) in [6.07, 6.45) is 4.27. The molecule has 0 bridgehead atoms. The van der Waals surface area contributed by atoms with Gasteiger partial charge in [0.2, 0.25) is 5.95 Å². The number of fused-ring (bicyclic) bond motifs is 1. The molecule has 0 spiro atoms. The van der Waals surface area contributed by atoms with E-state index in [1.54, 1.807) is 18.2 Å². The highest BCUT2D eigenvalue weighted by atomic mass is 35.5. The van der Waals surface area contributed by atoms with Crippen molar-refractivity contribution in [3.8, 4) is 11.9 Å². The van der Waals surface area contributed by atoms with Crippen LogP contribution in [0.2, 0.25) is 5.02 Å². The number of benzene rings is 1. The molecule has 0 radical (unpaired) electrons. The number of hydrogen-bond donors (Lipinski definition) is 4. The largest absolute Gasteiger partial charge is 0.382 e. The molecule has 4 aromatic rings. The normalized spacial score (nSPS) is 11.9. The second kappa shape index (κ2) is 8.52. The Hall–Kier alpha value is -4.17. The highest BCUT2D eigenvalue weighted by Gasteiger charge is 2.24. The van der Waals surface area contributed by atoms with Crippen LogP contribution in [0.1, 0.15) is 37.2 Å². The van der Waals surface area contributed by atoms with Crippen LogP contribution in [0.15, 0.2) is 35.5 Å².